The highest BCUT2D eigenvalue weighted by Gasteiger charge is 2.18. The zero-order chi connectivity index (χ0) is 8.55. The van der Waals surface area contributed by atoms with E-state index in [0.717, 1.165) is 24.9 Å². The first-order chi connectivity index (χ1) is 5.83. The van der Waals surface area contributed by atoms with Crippen LogP contribution in [0.4, 0.5) is 5.69 Å². The third kappa shape index (κ3) is 0.897. The normalized spacial score (nSPS) is 14.6. The maximum atomic E-state index is 10.6. The summed E-state index contributed by atoms with van der Waals surface area (Å²) in [5.41, 5.74) is 2.94. The van der Waals surface area contributed by atoms with Gasteiger partial charge in [-0.2, -0.15) is 0 Å². The summed E-state index contributed by atoms with van der Waals surface area (Å²) < 4.78 is 0. The molecule has 2 heterocycles. The van der Waals surface area contributed by atoms with Crippen molar-refractivity contribution in [1.82, 2.24) is 4.98 Å². The molecular formula is C9H10N2O. The lowest BCUT2D eigenvalue weighted by molar-refractivity contribution is 0.112. The van der Waals surface area contributed by atoms with Crippen molar-refractivity contribution in [2.75, 3.05) is 18.5 Å². The quantitative estimate of drug-likeness (QED) is 0.575. The molecule has 1 aromatic rings. The van der Waals surface area contributed by atoms with Crippen LogP contribution >= 0.6 is 0 Å². The molecular weight excluding hydrogens is 152 g/mol. The molecule has 0 bridgehead atoms. The van der Waals surface area contributed by atoms with Gasteiger partial charge in [0.25, 0.3) is 0 Å². The number of carbonyl (C=O) groups excluding carboxylic acids is 1. The van der Waals surface area contributed by atoms with Gasteiger partial charge in [-0.15, -0.1) is 0 Å². The van der Waals surface area contributed by atoms with Crippen LogP contribution in [-0.4, -0.2) is 24.9 Å². The van der Waals surface area contributed by atoms with Crippen LogP contribution in [-0.2, 0) is 6.42 Å². The number of aldehydes is 1. The van der Waals surface area contributed by atoms with Crippen molar-refractivity contribution in [1.29, 1.82) is 0 Å². The fourth-order valence-electron chi connectivity index (χ4n) is 1.65. The molecule has 0 amide bonds. The molecule has 0 unspecified atom stereocenters. The molecule has 0 aliphatic carbocycles. The average molecular weight is 162 g/mol. The van der Waals surface area contributed by atoms with Crippen LogP contribution < -0.4 is 4.90 Å². The summed E-state index contributed by atoms with van der Waals surface area (Å²) in [6, 6.07) is 0. The van der Waals surface area contributed by atoms with E-state index in [2.05, 4.69) is 9.88 Å². The molecule has 0 fully saturated rings. The Morgan fingerprint density at radius 1 is 1.58 bits per heavy atom. The number of pyridine rings is 1. The predicted octanol–water partition coefficient (Wildman–Crippen LogP) is 0.886. The number of likely N-dealkylation sites (N-methyl/N-ethyl adjacent to an activating group) is 1. The number of hydrogen-bond acceptors (Lipinski definition) is 3. The van der Waals surface area contributed by atoms with Crippen LogP contribution in [0.5, 0.6) is 0 Å². The summed E-state index contributed by atoms with van der Waals surface area (Å²) in [5.74, 6) is 0. The second-order valence-corrected chi connectivity index (χ2v) is 3.03. The molecule has 0 aromatic carbocycles. The highest BCUT2D eigenvalue weighted by atomic mass is 16.1. The molecule has 0 N–H and O–H groups in total. The van der Waals surface area contributed by atoms with Gasteiger partial charge < -0.3 is 4.90 Å². The maximum Gasteiger partial charge on any atom is 0.153 e. The Hall–Kier alpha value is -1.38. The summed E-state index contributed by atoms with van der Waals surface area (Å²) in [5, 5.41) is 0. The fourth-order valence-corrected chi connectivity index (χ4v) is 1.65. The molecule has 3 nitrogen and oxygen atoms in total. The zero-order valence-corrected chi connectivity index (χ0v) is 6.95. The predicted molar refractivity (Wildman–Crippen MR) is 46.6 cm³/mol. The Kier molecular flexibility index (Phi) is 1.57. The molecule has 0 radical (unpaired) electrons. The van der Waals surface area contributed by atoms with Crippen LogP contribution in [0.15, 0.2) is 12.4 Å². The zero-order valence-electron chi connectivity index (χ0n) is 6.95. The minimum absolute atomic E-state index is 0.701. The highest BCUT2D eigenvalue weighted by Crippen LogP contribution is 2.28. The Bertz CT molecular complexity index is 322. The van der Waals surface area contributed by atoms with Gasteiger partial charge in [0.1, 0.15) is 0 Å². The average Bonchev–Trinajstić information content (AvgIpc) is 2.48. The number of fused-ring (bicyclic) bond motifs is 1. The highest BCUT2D eigenvalue weighted by molar-refractivity contribution is 5.86. The lowest BCUT2D eigenvalue weighted by atomic mass is 10.1. The largest absolute Gasteiger partial charge is 0.373 e. The summed E-state index contributed by atoms with van der Waals surface area (Å²) >= 11 is 0. The van der Waals surface area contributed by atoms with Gasteiger partial charge in [0.2, 0.25) is 0 Å². The van der Waals surface area contributed by atoms with Crippen molar-refractivity contribution in [3.05, 3.63) is 23.5 Å². The lowest BCUT2D eigenvalue weighted by Gasteiger charge is -2.12. The number of rotatable bonds is 1. The van der Waals surface area contributed by atoms with Crippen molar-refractivity contribution in [3.8, 4) is 0 Å². The van der Waals surface area contributed by atoms with E-state index < -0.39 is 0 Å². The monoisotopic (exact) mass is 162 g/mol. The van der Waals surface area contributed by atoms with E-state index in [1.807, 2.05) is 13.2 Å². The molecule has 1 aromatic heterocycles. The van der Waals surface area contributed by atoms with Crippen molar-refractivity contribution >= 4 is 12.0 Å². The third-order valence-electron chi connectivity index (χ3n) is 2.25. The molecule has 3 heteroatoms. The lowest BCUT2D eigenvalue weighted by Crippen LogP contribution is -2.14. The topological polar surface area (TPSA) is 33.2 Å². The van der Waals surface area contributed by atoms with Crippen LogP contribution in [0.2, 0.25) is 0 Å². The smallest absolute Gasteiger partial charge is 0.153 e. The molecule has 2 rings (SSSR count). The van der Waals surface area contributed by atoms with Crippen molar-refractivity contribution in [2.45, 2.75) is 6.42 Å². The first kappa shape index (κ1) is 7.28. The van der Waals surface area contributed by atoms with E-state index in [1.165, 1.54) is 5.56 Å². The van der Waals surface area contributed by atoms with Crippen molar-refractivity contribution in [2.24, 2.45) is 0 Å². The molecule has 0 spiro atoms. The van der Waals surface area contributed by atoms with Gasteiger partial charge in [-0.05, 0) is 12.0 Å². The minimum Gasteiger partial charge on any atom is -0.373 e. The minimum atomic E-state index is 0.701. The SMILES string of the molecule is CN1CCc2cncc(C=O)c21. The molecule has 1 aliphatic rings. The molecule has 0 saturated heterocycles. The second kappa shape index (κ2) is 2.59. The first-order valence-electron chi connectivity index (χ1n) is 3.96. The van der Waals surface area contributed by atoms with E-state index in [4.69, 9.17) is 0 Å². The summed E-state index contributed by atoms with van der Waals surface area (Å²) in [6.45, 7) is 0.988. The maximum absolute atomic E-state index is 10.6. The van der Waals surface area contributed by atoms with Crippen LogP contribution in [0.1, 0.15) is 15.9 Å². The second-order valence-electron chi connectivity index (χ2n) is 3.03. The molecule has 62 valence electrons. The van der Waals surface area contributed by atoms with Gasteiger partial charge >= 0.3 is 0 Å². The number of hydrogen-bond donors (Lipinski definition) is 0. The number of carbonyl (C=O) groups is 1. The molecule has 12 heavy (non-hydrogen) atoms. The van der Waals surface area contributed by atoms with Crippen LogP contribution in [0.3, 0.4) is 0 Å². The summed E-state index contributed by atoms with van der Waals surface area (Å²) in [4.78, 5) is 16.7. The van der Waals surface area contributed by atoms with E-state index >= 15 is 0 Å². The van der Waals surface area contributed by atoms with Gasteiger partial charge in [0.05, 0.1) is 11.3 Å². The number of nitrogens with zero attached hydrogens (tertiary/aromatic N) is 2. The molecule has 0 saturated carbocycles. The Balaban J connectivity index is 2.60. The van der Waals surface area contributed by atoms with Gasteiger partial charge in [0, 0.05) is 26.0 Å². The van der Waals surface area contributed by atoms with Crippen LogP contribution in [0.25, 0.3) is 0 Å². The number of aromatic nitrogens is 1. The first-order valence-corrected chi connectivity index (χ1v) is 3.96. The fraction of sp³-hybridized carbons (Fsp3) is 0.333. The van der Waals surface area contributed by atoms with E-state index in [-0.39, 0.29) is 0 Å². The Labute approximate surface area is 71.0 Å². The third-order valence-corrected chi connectivity index (χ3v) is 2.25. The van der Waals surface area contributed by atoms with Crippen LogP contribution in [0, 0.1) is 0 Å². The Morgan fingerprint density at radius 2 is 2.42 bits per heavy atom. The van der Waals surface area contributed by atoms with Gasteiger partial charge in [-0.3, -0.25) is 9.78 Å². The number of anilines is 1. The van der Waals surface area contributed by atoms with Gasteiger partial charge in [0.15, 0.2) is 6.29 Å². The van der Waals surface area contributed by atoms with Gasteiger partial charge in [-0.1, -0.05) is 0 Å². The standard InChI is InChI=1S/C9H10N2O/c1-11-3-2-7-4-10-5-8(6-12)9(7)11/h4-6H,2-3H2,1H3. The molecule has 1 aliphatic heterocycles. The van der Waals surface area contributed by atoms with E-state index in [1.54, 1.807) is 6.20 Å². The Morgan fingerprint density at radius 3 is 3.17 bits per heavy atom. The molecule has 0 atom stereocenters. The summed E-state index contributed by atoms with van der Waals surface area (Å²) in [6.07, 6.45) is 5.33. The summed E-state index contributed by atoms with van der Waals surface area (Å²) in [7, 11) is 2.00. The van der Waals surface area contributed by atoms with Crippen molar-refractivity contribution < 1.29 is 4.79 Å². The van der Waals surface area contributed by atoms with E-state index in [9.17, 15) is 4.79 Å². The van der Waals surface area contributed by atoms with Crippen molar-refractivity contribution in [3.63, 3.8) is 0 Å². The van der Waals surface area contributed by atoms with E-state index in [0.29, 0.717) is 5.56 Å². The van der Waals surface area contributed by atoms with Gasteiger partial charge in [-0.25, -0.2) is 0 Å².